The average Bonchev–Trinajstić information content (AvgIpc) is 2.49. The molecule has 1 fully saturated rings. The molecule has 122 valence electrons. The number of phenolic OH excluding ortho intramolecular Hbond substituents is 1. The molecule has 0 saturated carbocycles. The van der Waals surface area contributed by atoms with Crippen molar-refractivity contribution in [2.24, 2.45) is 0 Å². The van der Waals surface area contributed by atoms with E-state index in [1.165, 1.54) is 0 Å². The minimum Gasteiger partial charge on any atom is -0.508 e. The van der Waals surface area contributed by atoms with Crippen molar-refractivity contribution in [1.82, 2.24) is 10.2 Å². The zero-order valence-electron chi connectivity index (χ0n) is 12.4. The van der Waals surface area contributed by atoms with Gasteiger partial charge in [0.25, 0.3) is 0 Å². The van der Waals surface area contributed by atoms with Crippen LogP contribution in [0.5, 0.6) is 5.75 Å². The van der Waals surface area contributed by atoms with Crippen molar-refractivity contribution in [3.05, 3.63) is 42.0 Å². The molecular weight excluding hydrogens is 293 g/mol. The summed E-state index contributed by atoms with van der Waals surface area (Å²) in [6.45, 7) is 6.76. The van der Waals surface area contributed by atoms with Crippen LogP contribution in [0.2, 0.25) is 0 Å². The van der Waals surface area contributed by atoms with Gasteiger partial charge in [-0.05, 0) is 31.0 Å². The van der Waals surface area contributed by atoms with Crippen molar-refractivity contribution >= 4 is 0 Å². The Bertz CT molecular complexity index is 511. The van der Waals surface area contributed by atoms with Crippen LogP contribution in [0.1, 0.15) is 30.0 Å². The van der Waals surface area contributed by atoms with Crippen LogP contribution < -0.4 is 5.32 Å². The number of piperazine rings is 1. The molecule has 0 unspecified atom stereocenters. The molecule has 0 spiro atoms. The number of hydrogen-bond donors (Lipinski definition) is 2. The number of hydrogen-bond acceptors (Lipinski definition) is 3. The topological polar surface area (TPSA) is 35.5 Å². The van der Waals surface area contributed by atoms with Crippen LogP contribution in [0.4, 0.5) is 13.2 Å². The zero-order valence-corrected chi connectivity index (χ0v) is 12.4. The number of allylic oxidation sites excluding steroid dienone is 1. The van der Waals surface area contributed by atoms with Gasteiger partial charge in [-0.15, -0.1) is 6.58 Å². The second-order valence-corrected chi connectivity index (χ2v) is 5.44. The Morgan fingerprint density at radius 1 is 1.32 bits per heavy atom. The van der Waals surface area contributed by atoms with Gasteiger partial charge < -0.3 is 10.4 Å². The van der Waals surface area contributed by atoms with Crippen LogP contribution in [0.25, 0.3) is 0 Å². The number of rotatable bonds is 5. The number of alkyl halides is 3. The van der Waals surface area contributed by atoms with E-state index in [0.29, 0.717) is 18.4 Å². The quantitative estimate of drug-likeness (QED) is 0.819. The van der Waals surface area contributed by atoms with Gasteiger partial charge in [0.2, 0.25) is 0 Å². The predicted molar refractivity (Wildman–Crippen MR) is 79.7 cm³/mol. The molecule has 1 aromatic carbocycles. The molecule has 0 aromatic heterocycles. The second kappa shape index (κ2) is 7.15. The van der Waals surface area contributed by atoms with Crippen LogP contribution in [-0.2, 0) is 6.18 Å². The maximum absolute atomic E-state index is 12.9. The lowest BCUT2D eigenvalue weighted by Crippen LogP contribution is -2.45. The third-order valence-electron chi connectivity index (χ3n) is 3.95. The Hall–Kier alpha value is -1.53. The van der Waals surface area contributed by atoms with E-state index in [1.807, 2.05) is 0 Å². The van der Waals surface area contributed by atoms with Gasteiger partial charge >= 0.3 is 6.18 Å². The molecule has 3 nitrogen and oxygen atoms in total. The molecule has 1 atom stereocenters. The van der Waals surface area contributed by atoms with Crippen LogP contribution in [0.3, 0.4) is 0 Å². The first-order valence-corrected chi connectivity index (χ1v) is 7.39. The van der Waals surface area contributed by atoms with Crippen molar-refractivity contribution in [3.63, 3.8) is 0 Å². The van der Waals surface area contributed by atoms with Gasteiger partial charge in [0.15, 0.2) is 0 Å². The third-order valence-corrected chi connectivity index (χ3v) is 3.95. The minimum atomic E-state index is -4.41. The number of phenols is 1. The molecule has 2 rings (SSSR count). The highest BCUT2D eigenvalue weighted by Crippen LogP contribution is 2.37. The molecule has 1 aromatic rings. The van der Waals surface area contributed by atoms with Crippen molar-refractivity contribution in [1.29, 1.82) is 0 Å². The maximum atomic E-state index is 12.9. The van der Waals surface area contributed by atoms with E-state index in [0.717, 1.165) is 44.4 Å². The van der Waals surface area contributed by atoms with Gasteiger partial charge in [0.1, 0.15) is 5.75 Å². The van der Waals surface area contributed by atoms with E-state index in [-0.39, 0.29) is 11.8 Å². The highest BCUT2D eigenvalue weighted by Gasteiger charge is 2.33. The van der Waals surface area contributed by atoms with Crippen molar-refractivity contribution in [3.8, 4) is 5.75 Å². The van der Waals surface area contributed by atoms with Crippen molar-refractivity contribution < 1.29 is 18.3 Å². The Morgan fingerprint density at radius 3 is 2.59 bits per heavy atom. The monoisotopic (exact) mass is 314 g/mol. The lowest BCUT2D eigenvalue weighted by Gasteiger charge is -2.35. The summed E-state index contributed by atoms with van der Waals surface area (Å²) in [5, 5.41) is 13.3. The fraction of sp³-hybridized carbons (Fsp3) is 0.500. The standard InChI is InChI=1S/C16H21F3N2O/c1-2-3-4-14(21-9-7-20-8-10-21)13-11-12(16(17,18)19)5-6-15(13)22/h2,5-6,11,14,20,22H,1,3-4,7-10H2/t14-/m0/s1. The highest BCUT2D eigenvalue weighted by molar-refractivity contribution is 5.39. The van der Waals surface area contributed by atoms with Gasteiger partial charge in [0, 0.05) is 37.8 Å². The summed E-state index contributed by atoms with van der Waals surface area (Å²) in [5.74, 6) is -0.0828. The molecule has 1 aliphatic rings. The number of nitrogens with one attached hydrogen (secondary N) is 1. The first kappa shape index (κ1) is 16.8. The maximum Gasteiger partial charge on any atom is 0.416 e. The molecule has 0 aliphatic carbocycles. The molecular formula is C16H21F3N2O. The molecule has 22 heavy (non-hydrogen) atoms. The Kier molecular flexibility index (Phi) is 5.47. The fourth-order valence-corrected chi connectivity index (χ4v) is 2.80. The van der Waals surface area contributed by atoms with E-state index in [9.17, 15) is 18.3 Å². The number of benzene rings is 1. The zero-order chi connectivity index (χ0) is 16.2. The molecule has 1 saturated heterocycles. The van der Waals surface area contributed by atoms with Crippen LogP contribution in [-0.4, -0.2) is 36.2 Å². The lowest BCUT2D eigenvalue weighted by atomic mass is 9.96. The van der Waals surface area contributed by atoms with Gasteiger partial charge in [-0.3, -0.25) is 4.90 Å². The Balaban J connectivity index is 2.34. The van der Waals surface area contributed by atoms with Crippen LogP contribution in [0.15, 0.2) is 30.9 Å². The SMILES string of the molecule is C=CCC[C@@H](c1cc(C(F)(F)F)ccc1O)N1CCNCC1. The van der Waals surface area contributed by atoms with Crippen molar-refractivity contribution in [2.75, 3.05) is 26.2 Å². The summed E-state index contributed by atoms with van der Waals surface area (Å²) in [6.07, 6.45) is -1.34. The lowest BCUT2D eigenvalue weighted by molar-refractivity contribution is -0.137. The van der Waals surface area contributed by atoms with E-state index >= 15 is 0 Å². The summed E-state index contributed by atoms with van der Waals surface area (Å²) in [6, 6.07) is 2.90. The predicted octanol–water partition coefficient (Wildman–Crippen LogP) is 3.32. The first-order valence-electron chi connectivity index (χ1n) is 7.39. The van der Waals surface area contributed by atoms with Crippen LogP contribution >= 0.6 is 0 Å². The molecule has 1 aliphatic heterocycles. The fourth-order valence-electron chi connectivity index (χ4n) is 2.80. The normalized spacial score (nSPS) is 18.1. The molecule has 1 heterocycles. The summed E-state index contributed by atoms with van der Waals surface area (Å²) in [4.78, 5) is 2.12. The number of nitrogens with zero attached hydrogens (tertiary/aromatic N) is 1. The van der Waals surface area contributed by atoms with Gasteiger partial charge in [-0.2, -0.15) is 13.2 Å². The largest absolute Gasteiger partial charge is 0.508 e. The molecule has 0 radical (unpaired) electrons. The summed E-state index contributed by atoms with van der Waals surface area (Å²) in [7, 11) is 0. The van der Waals surface area contributed by atoms with E-state index in [1.54, 1.807) is 6.08 Å². The van der Waals surface area contributed by atoms with E-state index < -0.39 is 11.7 Å². The van der Waals surface area contributed by atoms with Crippen molar-refractivity contribution in [2.45, 2.75) is 25.1 Å². The van der Waals surface area contributed by atoms with Crippen LogP contribution in [0, 0.1) is 0 Å². The van der Waals surface area contributed by atoms with E-state index in [2.05, 4.69) is 16.8 Å². The van der Waals surface area contributed by atoms with Gasteiger partial charge in [-0.25, -0.2) is 0 Å². The average molecular weight is 314 g/mol. The smallest absolute Gasteiger partial charge is 0.416 e. The molecule has 0 bridgehead atoms. The second-order valence-electron chi connectivity index (χ2n) is 5.44. The Labute approximate surface area is 128 Å². The number of aromatic hydroxyl groups is 1. The number of halogens is 3. The molecule has 6 heteroatoms. The third kappa shape index (κ3) is 4.01. The van der Waals surface area contributed by atoms with E-state index in [4.69, 9.17) is 0 Å². The minimum absolute atomic E-state index is 0.0828. The van der Waals surface area contributed by atoms with Gasteiger partial charge in [0.05, 0.1) is 5.56 Å². The Morgan fingerprint density at radius 2 is 2.00 bits per heavy atom. The molecule has 0 amide bonds. The highest BCUT2D eigenvalue weighted by atomic mass is 19.4. The molecule has 2 N–H and O–H groups in total. The summed E-state index contributed by atoms with van der Waals surface area (Å²) in [5.41, 5.74) is -0.377. The van der Waals surface area contributed by atoms with Gasteiger partial charge in [-0.1, -0.05) is 6.08 Å². The first-order chi connectivity index (χ1) is 10.4. The summed E-state index contributed by atoms with van der Waals surface area (Å²) < 4.78 is 38.8. The summed E-state index contributed by atoms with van der Waals surface area (Å²) >= 11 is 0.